The molecule has 1 N–H and O–H groups in total. The highest BCUT2D eigenvalue weighted by atomic mass is 16.7. The number of nitrogens with zero attached hydrogens (tertiary/aromatic N) is 1. The van der Waals surface area contributed by atoms with E-state index in [-0.39, 0.29) is 6.10 Å². The van der Waals surface area contributed by atoms with E-state index in [0.717, 1.165) is 36.7 Å². The summed E-state index contributed by atoms with van der Waals surface area (Å²) in [4.78, 5) is 13.2. The Morgan fingerprint density at radius 2 is 1.82 bits per heavy atom. The first-order valence-electron chi connectivity index (χ1n) is 9.62. The smallest absolute Gasteiger partial charge is 0.485 e. The maximum atomic E-state index is 10.8. The van der Waals surface area contributed by atoms with Crippen LogP contribution in [0, 0.1) is 0 Å². The first-order chi connectivity index (χ1) is 13.5. The van der Waals surface area contributed by atoms with Crippen LogP contribution in [0.1, 0.15) is 37.0 Å². The first-order valence-corrected chi connectivity index (χ1v) is 9.62. The Labute approximate surface area is 164 Å². The fourth-order valence-corrected chi connectivity index (χ4v) is 3.78. The quantitative estimate of drug-likeness (QED) is 0.796. The summed E-state index contributed by atoms with van der Waals surface area (Å²) in [6.07, 6.45) is 0.129. The molecular formula is C22H25NO5. The second kappa shape index (κ2) is 7.72. The zero-order chi connectivity index (χ0) is 19.6. The molecule has 0 unspecified atom stereocenters. The van der Waals surface area contributed by atoms with Gasteiger partial charge in [0.2, 0.25) is 0 Å². The average Bonchev–Trinajstić information content (AvgIpc) is 2.69. The van der Waals surface area contributed by atoms with Crippen LogP contribution in [0.2, 0.25) is 0 Å². The van der Waals surface area contributed by atoms with Crippen LogP contribution in [-0.4, -0.2) is 41.5 Å². The molecule has 2 aromatic rings. The molecule has 6 nitrogen and oxygen atoms in total. The highest BCUT2D eigenvalue weighted by Gasteiger charge is 2.33. The average molecular weight is 383 g/mol. The summed E-state index contributed by atoms with van der Waals surface area (Å²) in [5.74, 6) is 1.57. The van der Waals surface area contributed by atoms with E-state index < -0.39 is 11.8 Å². The van der Waals surface area contributed by atoms with Crippen molar-refractivity contribution in [2.45, 2.75) is 38.0 Å². The molecule has 0 aliphatic carbocycles. The van der Waals surface area contributed by atoms with Gasteiger partial charge in [-0.1, -0.05) is 36.4 Å². The van der Waals surface area contributed by atoms with E-state index in [1.165, 1.54) is 5.56 Å². The van der Waals surface area contributed by atoms with E-state index in [1.807, 2.05) is 31.2 Å². The molecule has 0 spiro atoms. The Hall–Kier alpha value is -2.73. The fraction of sp³-hybridized carbons (Fsp3) is 0.409. The summed E-state index contributed by atoms with van der Waals surface area (Å²) >= 11 is 0. The van der Waals surface area contributed by atoms with Crippen molar-refractivity contribution in [1.82, 2.24) is 4.90 Å². The minimum Gasteiger partial charge on any atom is -0.485 e. The van der Waals surface area contributed by atoms with Crippen molar-refractivity contribution in [3.63, 3.8) is 0 Å². The number of carboxylic acid groups (broad SMARTS) is 1. The number of hydrogen-bond donors (Lipinski definition) is 1. The van der Waals surface area contributed by atoms with E-state index in [0.29, 0.717) is 19.4 Å². The minimum absolute atomic E-state index is 0.104. The van der Waals surface area contributed by atoms with Crippen molar-refractivity contribution in [3.8, 4) is 11.5 Å². The Morgan fingerprint density at radius 3 is 2.50 bits per heavy atom. The third-order valence-electron chi connectivity index (χ3n) is 5.51. The molecule has 0 radical (unpaired) electrons. The van der Waals surface area contributed by atoms with Crippen molar-refractivity contribution in [1.29, 1.82) is 0 Å². The number of hydrogen-bond acceptors (Lipinski definition) is 5. The molecule has 2 aromatic carbocycles. The van der Waals surface area contributed by atoms with Gasteiger partial charge in [0, 0.05) is 19.6 Å². The van der Waals surface area contributed by atoms with Gasteiger partial charge in [-0.15, -0.1) is 0 Å². The molecule has 28 heavy (non-hydrogen) atoms. The highest BCUT2D eigenvalue weighted by Crippen LogP contribution is 2.36. The van der Waals surface area contributed by atoms with Crippen LogP contribution in [0.25, 0.3) is 0 Å². The molecule has 1 saturated heterocycles. The van der Waals surface area contributed by atoms with Gasteiger partial charge in [0.25, 0.3) is 0 Å². The van der Waals surface area contributed by atoms with E-state index in [2.05, 4.69) is 29.2 Å². The number of rotatable bonds is 4. The van der Waals surface area contributed by atoms with Crippen LogP contribution in [-0.2, 0) is 11.3 Å². The molecule has 2 heterocycles. The van der Waals surface area contributed by atoms with E-state index in [1.54, 1.807) is 0 Å². The molecule has 1 atom stereocenters. The third-order valence-corrected chi connectivity index (χ3v) is 5.51. The maximum Gasteiger partial charge on any atom is 0.506 e. The van der Waals surface area contributed by atoms with E-state index in [9.17, 15) is 4.79 Å². The minimum atomic E-state index is -1.19. The lowest BCUT2D eigenvalue weighted by atomic mass is 9.93. The summed E-state index contributed by atoms with van der Waals surface area (Å²) in [5, 5.41) is 8.86. The molecule has 0 bridgehead atoms. The summed E-state index contributed by atoms with van der Waals surface area (Å²) in [5.41, 5.74) is 1.75. The lowest BCUT2D eigenvalue weighted by Crippen LogP contribution is -2.44. The topological polar surface area (TPSA) is 68.2 Å². The predicted molar refractivity (Wildman–Crippen MR) is 104 cm³/mol. The monoisotopic (exact) mass is 383 g/mol. The summed E-state index contributed by atoms with van der Waals surface area (Å²) < 4.78 is 16.9. The predicted octanol–water partition coefficient (Wildman–Crippen LogP) is 4.25. The number of para-hydroxylation sites is 2. The van der Waals surface area contributed by atoms with Gasteiger partial charge in [0.1, 0.15) is 12.2 Å². The van der Waals surface area contributed by atoms with Gasteiger partial charge in [0.15, 0.2) is 17.6 Å². The molecule has 0 amide bonds. The normalized spacial score (nSPS) is 21.1. The van der Waals surface area contributed by atoms with Gasteiger partial charge in [-0.3, -0.25) is 4.90 Å². The van der Waals surface area contributed by atoms with Crippen LogP contribution < -0.4 is 9.47 Å². The van der Waals surface area contributed by atoms with Gasteiger partial charge in [-0.2, -0.15) is 0 Å². The highest BCUT2D eigenvalue weighted by molar-refractivity contribution is 5.57. The molecule has 2 aliphatic rings. The second-order valence-electron chi connectivity index (χ2n) is 7.70. The number of ether oxygens (including phenoxy) is 3. The van der Waals surface area contributed by atoms with Gasteiger partial charge in [0.05, 0.1) is 0 Å². The molecule has 0 aromatic heterocycles. The first kappa shape index (κ1) is 18.6. The zero-order valence-electron chi connectivity index (χ0n) is 16.0. The van der Waals surface area contributed by atoms with Gasteiger partial charge in [-0.05, 0) is 43.0 Å². The summed E-state index contributed by atoms with van der Waals surface area (Å²) in [7, 11) is 0. The molecule has 1 fully saturated rings. The SMILES string of the molecule is CC1(OC(=O)O)CCN(Cc2ccc([C@H]3COc4ccccc4O3)cc2)CC1. The Balaban J connectivity index is 1.33. The molecule has 2 aliphatic heterocycles. The van der Waals surface area contributed by atoms with Crippen molar-refractivity contribution >= 4 is 6.16 Å². The number of fused-ring (bicyclic) bond motifs is 1. The fourth-order valence-electron chi connectivity index (χ4n) is 3.78. The maximum absolute atomic E-state index is 10.8. The number of likely N-dealkylation sites (tertiary alicyclic amines) is 1. The largest absolute Gasteiger partial charge is 0.506 e. The Morgan fingerprint density at radius 1 is 1.14 bits per heavy atom. The zero-order valence-corrected chi connectivity index (χ0v) is 16.0. The Kier molecular flexibility index (Phi) is 5.13. The van der Waals surface area contributed by atoms with Crippen molar-refractivity contribution < 1.29 is 24.1 Å². The van der Waals surface area contributed by atoms with Crippen LogP contribution in [0.5, 0.6) is 11.5 Å². The summed E-state index contributed by atoms with van der Waals surface area (Å²) in [6, 6.07) is 16.2. The van der Waals surface area contributed by atoms with E-state index >= 15 is 0 Å². The molecule has 4 rings (SSSR count). The van der Waals surface area contributed by atoms with Crippen molar-refractivity contribution in [2.75, 3.05) is 19.7 Å². The summed E-state index contributed by atoms with van der Waals surface area (Å²) in [6.45, 7) is 4.86. The number of piperidine rings is 1. The van der Waals surface area contributed by atoms with Crippen LogP contribution in [0.15, 0.2) is 48.5 Å². The van der Waals surface area contributed by atoms with E-state index in [4.69, 9.17) is 19.3 Å². The Bertz CT molecular complexity index is 827. The van der Waals surface area contributed by atoms with Crippen molar-refractivity contribution in [2.24, 2.45) is 0 Å². The van der Waals surface area contributed by atoms with Crippen LogP contribution in [0.4, 0.5) is 4.79 Å². The van der Waals surface area contributed by atoms with Gasteiger partial charge in [-0.25, -0.2) is 4.79 Å². The van der Waals surface area contributed by atoms with Gasteiger partial charge < -0.3 is 19.3 Å². The van der Waals surface area contributed by atoms with Gasteiger partial charge >= 0.3 is 6.16 Å². The lowest BCUT2D eigenvalue weighted by molar-refractivity contribution is -0.0454. The molecule has 148 valence electrons. The van der Waals surface area contributed by atoms with Crippen LogP contribution in [0.3, 0.4) is 0 Å². The van der Waals surface area contributed by atoms with Crippen LogP contribution >= 0.6 is 0 Å². The third kappa shape index (κ3) is 4.22. The molecule has 0 saturated carbocycles. The van der Waals surface area contributed by atoms with Crippen molar-refractivity contribution in [3.05, 3.63) is 59.7 Å². The second-order valence-corrected chi connectivity index (χ2v) is 7.70. The number of benzene rings is 2. The number of carbonyl (C=O) groups is 1. The molecule has 6 heteroatoms. The lowest BCUT2D eigenvalue weighted by Gasteiger charge is -2.38. The molecular weight excluding hydrogens is 358 g/mol. The standard InChI is InChI=1S/C22H25NO5/c1-22(28-21(24)25)10-12-23(13-11-22)14-16-6-8-17(9-7-16)20-15-26-18-4-2-3-5-19(18)27-20/h2-9,20H,10-15H2,1H3,(H,24,25)/t20-/m1/s1.